The van der Waals surface area contributed by atoms with Crippen molar-refractivity contribution in [2.24, 2.45) is 0 Å². The molecular formula is C15H25NOS2. The summed E-state index contributed by atoms with van der Waals surface area (Å²) in [7, 11) is 0. The molecule has 1 aromatic rings. The number of nitrogens with one attached hydrogen (secondary N) is 1. The van der Waals surface area contributed by atoms with Gasteiger partial charge in [0.15, 0.2) is 3.95 Å². The summed E-state index contributed by atoms with van der Waals surface area (Å²) in [4.78, 5) is 15.2. The van der Waals surface area contributed by atoms with Crippen molar-refractivity contribution in [3.8, 4) is 0 Å². The SMILES string of the molecule is C=C/C=C(/CC(C)=O)c1sc(=S)[nH]c1C.CC.CC. The van der Waals surface area contributed by atoms with Crippen LogP contribution in [0.2, 0.25) is 0 Å². The number of allylic oxidation sites excluding steroid dienone is 3. The lowest BCUT2D eigenvalue weighted by molar-refractivity contribution is -0.116. The first-order valence-electron chi connectivity index (χ1n) is 6.55. The normalized spacial score (nSPS) is 9.68. The quantitative estimate of drug-likeness (QED) is 0.570. The van der Waals surface area contributed by atoms with Crippen molar-refractivity contribution in [2.45, 2.75) is 48.0 Å². The molecule has 1 heterocycles. The molecule has 0 saturated carbocycles. The fraction of sp³-hybridized carbons (Fsp3) is 0.467. The molecule has 2 nitrogen and oxygen atoms in total. The molecule has 4 heteroatoms. The van der Waals surface area contributed by atoms with E-state index in [1.54, 1.807) is 13.0 Å². The Hall–Kier alpha value is -1.00. The van der Waals surface area contributed by atoms with E-state index in [0.29, 0.717) is 6.42 Å². The standard InChI is InChI=1S/C11H13NOS2.2C2H6/c1-4-5-9(6-7(2)13)10-8(3)12-11(14)15-10;2*1-2/h4-5H,1,6H2,2-3H3,(H,12,14);2*1-2H3/b9-5-;;. The van der Waals surface area contributed by atoms with Crippen molar-refractivity contribution in [1.82, 2.24) is 4.98 Å². The van der Waals surface area contributed by atoms with Gasteiger partial charge in [0.05, 0.1) is 4.88 Å². The van der Waals surface area contributed by atoms with Crippen LogP contribution in [0.25, 0.3) is 5.57 Å². The minimum absolute atomic E-state index is 0.141. The van der Waals surface area contributed by atoms with E-state index in [2.05, 4.69) is 11.6 Å². The van der Waals surface area contributed by atoms with Crippen LogP contribution in [0.3, 0.4) is 0 Å². The lowest BCUT2D eigenvalue weighted by atomic mass is 10.1. The van der Waals surface area contributed by atoms with Crippen LogP contribution in [0.1, 0.15) is 51.6 Å². The molecule has 1 aromatic heterocycles. The minimum Gasteiger partial charge on any atom is -0.341 e. The predicted molar refractivity (Wildman–Crippen MR) is 90.4 cm³/mol. The molecule has 0 amide bonds. The van der Waals surface area contributed by atoms with Gasteiger partial charge in [0.25, 0.3) is 0 Å². The molecule has 0 radical (unpaired) electrons. The number of aryl methyl sites for hydroxylation is 1. The Morgan fingerprint density at radius 1 is 1.37 bits per heavy atom. The van der Waals surface area contributed by atoms with Gasteiger partial charge in [-0.25, -0.2) is 0 Å². The predicted octanol–water partition coefficient (Wildman–Crippen LogP) is 5.72. The Kier molecular flexibility index (Phi) is 12.9. The van der Waals surface area contributed by atoms with Gasteiger partial charge in [-0.2, -0.15) is 0 Å². The van der Waals surface area contributed by atoms with E-state index in [-0.39, 0.29) is 5.78 Å². The zero-order valence-electron chi connectivity index (χ0n) is 12.8. The molecule has 0 atom stereocenters. The summed E-state index contributed by atoms with van der Waals surface area (Å²) in [6, 6.07) is 0. The molecule has 0 saturated heterocycles. The Morgan fingerprint density at radius 3 is 2.21 bits per heavy atom. The fourth-order valence-electron chi connectivity index (χ4n) is 1.34. The van der Waals surface area contributed by atoms with E-state index in [1.165, 1.54) is 11.3 Å². The first kappa shape index (κ1) is 20.3. The van der Waals surface area contributed by atoms with Gasteiger partial charge >= 0.3 is 0 Å². The first-order valence-corrected chi connectivity index (χ1v) is 7.78. The van der Waals surface area contributed by atoms with E-state index in [0.717, 1.165) is 20.1 Å². The molecule has 0 fully saturated rings. The second-order valence-corrected chi connectivity index (χ2v) is 4.96. The Labute approximate surface area is 126 Å². The summed E-state index contributed by atoms with van der Waals surface area (Å²) in [5.41, 5.74) is 1.99. The lowest BCUT2D eigenvalue weighted by Crippen LogP contribution is -1.93. The van der Waals surface area contributed by atoms with Gasteiger partial charge in [-0.1, -0.05) is 46.4 Å². The Bertz CT molecular complexity index is 467. The molecule has 0 aliphatic rings. The summed E-state index contributed by atoms with van der Waals surface area (Å²) in [6.45, 7) is 15.2. The summed E-state index contributed by atoms with van der Waals surface area (Å²) in [5, 5.41) is 0. The van der Waals surface area contributed by atoms with Crippen LogP contribution in [-0.2, 0) is 4.79 Å². The number of hydrogen-bond donors (Lipinski definition) is 1. The number of Topliss-reactive ketones (excluding diaryl/α,β-unsaturated/α-hetero) is 1. The molecule has 0 bridgehead atoms. The van der Waals surface area contributed by atoms with Crippen molar-refractivity contribution >= 4 is 34.9 Å². The number of thiazole rings is 1. The summed E-state index contributed by atoms with van der Waals surface area (Å²) in [6.07, 6.45) is 3.99. The van der Waals surface area contributed by atoms with Gasteiger partial charge < -0.3 is 4.98 Å². The number of H-pyrrole nitrogens is 1. The van der Waals surface area contributed by atoms with Crippen LogP contribution >= 0.6 is 23.6 Å². The topological polar surface area (TPSA) is 32.9 Å². The van der Waals surface area contributed by atoms with Gasteiger partial charge in [0.1, 0.15) is 5.78 Å². The molecular weight excluding hydrogens is 274 g/mol. The molecule has 1 rings (SSSR count). The summed E-state index contributed by atoms with van der Waals surface area (Å²) < 4.78 is 0.737. The van der Waals surface area contributed by atoms with Crippen molar-refractivity contribution in [3.05, 3.63) is 33.3 Å². The molecule has 1 N–H and O–H groups in total. The van der Waals surface area contributed by atoms with Gasteiger partial charge in [0, 0.05) is 12.1 Å². The van der Waals surface area contributed by atoms with Gasteiger partial charge in [0.2, 0.25) is 0 Å². The highest BCUT2D eigenvalue weighted by Gasteiger charge is 2.09. The molecule has 0 aromatic carbocycles. The maximum Gasteiger partial charge on any atom is 0.159 e. The Balaban J connectivity index is 0. The third-order valence-corrected chi connectivity index (χ3v) is 3.29. The second kappa shape index (κ2) is 12.1. The van der Waals surface area contributed by atoms with Crippen LogP contribution in [0, 0.1) is 10.9 Å². The maximum atomic E-state index is 11.1. The van der Waals surface area contributed by atoms with Crippen molar-refractivity contribution in [2.75, 3.05) is 0 Å². The first-order chi connectivity index (χ1) is 9.04. The maximum absolute atomic E-state index is 11.1. The van der Waals surface area contributed by atoms with E-state index < -0.39 is 0 Å². The number of ketones is 1. The number of aromatic nitrogens is 1. The molecule has 108 valence electrons. The molecule has 19 heavy (non-hydrogen) atoms. The fourth-order valence-corrected chi connectivity index (χ4v) is 2.60. The van der Waals surface area contributed by atoms with E-state index in [9.17, 15) is 4.79 Å². The van der Waals surface area contributed by atoms with Gasteiger partial charge in [-0.05, 0) is 31.6 Å². The number of rotatable bonds is 4. The lowest BCUT2D eigenvalue weighted by Gasteiger charge is -2.02. The van der Waals surface area contributed by atoms with Crippen molar-refractivity contribution in [3.63, 3.8) is 0 Å². The van der Waals surface area contributed by atoms with Crippen LogP contribution in [0.15, 0.2) is 18.7 Å². The monoisotopic (exact) mass is 299 g/mol. The average molecular weight is 300 g/mol. The highest BCUT2D eigenvalue weighted by Crippen LogP contribution is 2.26. The van der Waals surface area contributed by atoms with Crippen LogP contribution in [0.4, 0.5) is 0 Å². The van der Waals surface area contributed by atoms with Crippen LogP contribution in [-0.4, -0.2) is 10.8 Å². The summed E-state index contributed by atoms with van der Waals surface area (Å²) >= 11 is 6.56. The molecule has 0 aliphatic carbocycles. The molecule has 0 aliphatic heterocycles. The minimum atomic E-state index is 0.141. The number of hydrogen-bond acceptors (Lipinski definition) is 3. The van der Waals surface area contributed by atoms with Crippen molar-refractivity contribution in [1.29, 1.82) is 0 Å². The molecule has 0 unspecified atom stereocenters. The number of aromatic amines is 1. The number of carbonyl (C=O) groups excluding carboxylic acids is 1. The van der Waals surface area contributed by atoms with E-state index >= 15 is 0 Å². The number of carbonyl (C=O) groups is 1. The summed E-state index contributed by atoms with van der Waals surface area (Å²) in [5.74, 6) is 0.141. The largest absolute Gasteiger partial charge is 0.341 e. The third kappa shape index (κ3) is 7.90. The van der Waals surface area contributed by atoms with E-state index in [4.69, 9.17) is 12.2 Å². The molecule has 0 spiro atoms. The smallest absolute Gasteiger partial charge is 0.159 e. The van der Waals surface area contributed by atoms with Gasteiger partial charge in [-0.3, -0.25) is 4.79 Å². The van der Waals surface area contributed by atoms with Gasteiger partial charge in [-0.15, -0.1) is 11.3 Å². The average Bonchev–Trinajstić information content (AvgIpc) is 2.72. The third-order valence-electron chi connectivity index (χ3n) is 1.87. The van der Waals surface area contributed by atoms with Crippen LogP contribution < -0.4 is 0 Å². The van der Waals surface area contributed by atoms with Crippen LogP contribution in [0.5, 0.6) is 0 Å². The zero-order chi connectivity index (χ0) is 15.4. The highest BCUT2D eigenvalue weighted by molar-refractivity contribution is 7.73. The second-order valence-electron chi connectivity index (χ2n) is 3.28. The Morgan fingerprint density at radius 2 is 1.89 bits per heavy atom. The highest BCUT2D eigenvalue weighted by atomic mass is 32.1. The van der Waals surface area contributed by atoms with Crippen molar-refractivity contribution < 1.29 is 4.79 Å². The van der Waals surface area contributed by atoms with E-state index in [1.807, 2.05) is 40.7 Å². The zero-order valence-corrected chi connectivity index (χ0v) is 14.4.